The first-order valence-electron chi connectivity index (χ1n) is 11.6. The number of ketones is 1. The number of carbonyl (C=O) groups excluding carboxylic acids is 2. The Morgan fingerprint density at radius 3 is 2.27 bits per heavy atom. The predicted molar refractivity (Wildman–Crippen MR) is 120 cm³/mol. The number of urea groups is 1. The van der Waals surface area contributed by atoms with Gasteiger partial charge in [0.05, 0.1) is 13.2 Å². The first-order chi connectivity index (χ1) is 14.5. The minimum Gasteiger partial charge on any atom is -0.497 e. The smallest absolute Gasteiger partial charge is 0.318 e. The fraction of sp³-hybridized carbons (Fsp3) is 0.640. The molecule has 0 spiro atoms. The van der Waals surface area contributed by atoms with Crippen LogP contribution in [0.1, 0.15) is 83.1 Å². The lowest BCUT2D eigenvalue weighted by molar-refractivity contribution is -0.119. The van der Waals surface area contributed by atoms with Crippen LogP contribution in [0.4, 0.5) is 4.79 Å². The summed E-state index contributed by atoms with van der Waals surface area (Å²) in [4.78, 5) is 28.1. The summed E-state index contributed by atoms with van der Waals surface area (Å²) in [6, 6.07) is 7.59. The van der Waals surface area contributed by atoms with Crippen LogP contribution in [0.5, 0.6) is 5.75 Å². The molecule has 1 aromatic carbocycles. The number of hydrogen-bond donors (Lipinski definition) is 1. The molecule has 0 aliphatic heterocycles. The summed E-state index contributed by atoms with van der Waals surface area (Å²) in [6.07, 6.45) is 12.5. The first kappa shape index (κ1) is 22.6. The van der Waals surface area contributed by atoms with Crippen molar-refractivity contribution < 1.29 is 14.3 Å². The molecule has 165 valence electrons. The van der Waals surface area contributed by atoms with E-state index in [2.05, 4.69) is 16.6 Å². The minimum absolute atomic E-state index is 0.0112. The van der Waals surface area contributed by atoms with E-state index in [1.54, 1.807) is 14.0 Å². The van der Waals surface area contributed by atoms with Gasteiger partial charge in [-0.05, 0) is 56.7 Å². The van der Waals surface area contributed by atoms with Crippen LogP contribution in [0.2, 0.25) is 0 Å². The second kappa shape index (κ2) is 10.8. The number of rotatable bonds is 7. The number of ether oxygens (including phenoxy) is 1. The van der Waals surface area contributed by atoms with Gasteiger partial charge >= 0.3 is 6.03 Å². The Morgan fingerprint density at radius 1 is 1.03 bits per heavy atom. The molecule has 2 saturated carbocycles. The summed E-state index contributed by atoms with van der Waals surface area (Å²) < 4.78 is 5.24. The SMILES string of the molecule is COc1ccc([C@H](C)C(NC(=O)N(C2[CH]CCCC2)C2CCCCC2)C(C)=O)cc1. The molecule has 2 aliphatic rings. The number of nitrogens with one attached hydrogen (secondary N) is 1. The lowest BCUT2D eigenvalue weighted by Crippen LogP contribution is -2.56. The van der Waals surface area contributed by atoms with Gasteiger partial charge in [-0.15, -0.1) is 0 Å². The molecule has 0 heterocycles. The summed E-state index contributed by atoms with van der Waals surface area (Å²) in [5, 5.41) is 3.12. The Balaban J connectivity index is 1.76. The molecular formula is C25H37N2O3. The third-order valence-corrected chi connectivity index (χ3v) is 6.81. The van der Waals surface area contributed by atoms with Crippen LogP contribution in [0.25, 0.3) is 0 Å². The number of nitrogens with zero attached hydrogens (tertiary/aromatic N) is 1. The van der Waals surface area contributed by atoms with Crippen LogP contribution in [0, 0.1) is 6.42 Å². The van der Waals surface area contributed by atoms with E-state index in [1.165, 1.54) is 25.7 Å². The van der Waals surface area contributed by atoms with Crippen molar-refractivity contribution in [2.45, 2.75) is 95.7 Å². The Kier molecular flexibility index (Phi) is 8.17. The highest BCUT2D eigenvalue weighted by molar-refractivity contribution is 5.88. The topological polar surface area (TPSA) is 58.6 Å². The van der Waals surface area contributed by atoms with Gasteiger partial charge in [-0.25, -0.2) is 4.79 Å². The van der Waals surface area contributed by atoms with Crippen molar-refractivity contribution in [2.75, 3.05) is 7.11 Å². The number of methoxy groups -OCH3 is 1. The second-order valence-electron chi connectivity index (χ2n) is 8.89. The number of benzene rings is 1. The van der Waals surface area contributed by atoms with E-state index >= 15 is 0 Å². The van der Waals surface area contributed by atoms with Crippen molar-refractivity contribution in [1.29, 1.82) is 0 Å². The third-order valence-electron chi connectivity index (χ3n) is 6.81. The Morgan fingerprint density at radius 2 is 1.70 bits per heavy atom. The highest BCUT2D eigenvalue weighted by atomic mass is 16.5. The zero-order valence-corrected chi connectivity index (χ0v) is 18.7. The maximum atomic E-state index is 13.5. The molecule has 1 N–H and O–H groups in total. The van der Waals surface area contributed by atoms with Crippen LogP contribution in [-0.4, -0.2) is 41.9 Å². The molecule has 2 unspecified atom stereocenters. The van der Waals surface area contributed by atoms with E-state index in [1.807, 2.05) is 31.2 Å². The molecule has 1 aromatic rings. The van der Waals surface area contributed by atoms with E-state index in [-0.39, 0.29) is 29.8 Å². The molecule has 0 bridgehead atoms. The summed E-state index contributed by atoms with van der Waals surface area (Å²) in [6.45, 7) is 3.58. The minimum atomic E-state index is -0.541. The largest absolute Gasteiger partial charge is 0.497 e. The molecule has 30 heavy (non-hydrogen) atoms. The third kappa shape index (κ3) is 5.55. The van der Waals surface area contributed by atoms with Crippen molar-refractivity contribution in [3.05, 3.63) is 36.2 Å². The maximum absolute atomic E-state index is 13.5. The number of amides is 2. The quantitative estimate of drug-likeness (QED) is 0.664. The van der Waals surface area contributed by atoms with Crippen molar-refractivity contribution in [2.24, 2.45) is 0 Å². The molecule has 2 fully saturated rings. The van der Waals surface area contributed by atoms with Gasteiger partial charge in [0.2, 0.25) is 0 Å². The molecule has 5 heteroatoms. The van der Waals surface area contributed by atoms with Gasteiger partial charge in [-0.3, -0.25) is 4.79 Å². The average molecular weight is 414 g/mol. The second-order valence-corrected chi connectivity index (χ2v) is 8.89. The van der Waals surface area contributed by atoms with Crippen LogP contribution in [-0.2, 0) is 4.79 Å². The fourth-order valence-electron chi connectivity index (χ4n) is 5.01. The van der Waals surface area contributed by atoms with Crippen molar-refractivity contribution >= 4 is 11.8 Å². The monoisotopic (exact) mass is 413 g/mol. The van der Waals surface area contributed by atoms with E-state index in [4.69, 9.17) is 4.74 Å². The molecule has 3 rings (SSSR count). The standard InChI is InChI=1S/C25H37N2O3/c1-18(20-14-16-23(30-3)17-15-20)24(19(2)28)26-25(29)27(21-10-6-4-7-11-21)22-12-8-5-9-13-22/h10,14-18,21-22,24H,4-9,11-13H2,1-3H3,(H,26,29)/t18-,21?,24?/m0/s1. The van der Waals surface area contributed by atoms with Crippen molar-refractivity contribution in [3.63, 3.8) is 0 Å². The Labute approximate surface area is 181 Å². The molecular weight excluding hydrogens is 376 g/mol. The Bertz CT molecular complexity index is 673. The number of Topliss-reactive ketones (excluding diaryl/α,β-unsaturated/α-hetero) is 1. The fourth-order valence-corrected chi connectivity index (χ4v) is 5.01. The lowest BCUT2D eigenvalue weighted by atomic mass is 9.88. The molecule has 0 saturated heterocycles. The first-order valence-corrected chi connectivity index (χ1v) is 11.6. The summed E-state index contributed by atoms with van der Waals surface area (Å²) in [5.74, 6) is 0.662. The summed E-state index contributed by atoms with van der Waals surface area (Å²) in [7, 11) is 1.64. The summed E-state index contributed by atoms with van der Waals surface area (Å²) in [5.41, 5.74) is 1.02. The van der Waals surface area contributed by atoms with E-state index in [0.717, 1.165) is 43.4 Å². The Hall–Kier alpha value is -2.04. The molecule has 2 aliphatic carbocycles. The average Bonchev–Trinajstić information content (AvgIpc) is 2.78. The maximum Gasteiger partial charge on any atom is 0.318 e. The van der Waals surface area contributed by atoms with Gasteiger partial charge in [0.1, 0.15) is 5.75 Å². The van der Waals surface area contributed by atoms with Gasteiger partial charge in [-0.1, -0.05) is 51.2 Å². The van der Waals surface area contributed by atoms with Gasteiger partial charge in [-0.2, -0.15) is 0 Å². The normalized spacial score (nSPS) is 20.2. The lowest BCUT2D eigenvalue weighted by Gasteiger charge is -2.42. The van der Waals surface area contributed by atoms with Crippen molar-refractivity contribution in [1.82, 2.24) is 10.2 Å². The molecule has 5 nitrogen and oxygen atoms in total. The molecule has 3 atom stereocenters. The predicted octanol–water partition coefficient (Wildman–Crippen LogP) is 5.25. The van der Waals surface area contributed by atoms with Crippen LogP contribution in [0.15, 0.2) is 24.3 Å². The van der Waals surface area contributed by atoms with Gasteiger partial charge in [0.15, 0.2) is 5.78 Å². The van der Waals surface area contributed by atoms with Crippen LogP contribution >= 0.6 is 0 Å². The van der Waals surface area contributed by atoms with Gasteiger partial charge in [0.25, 0.3) is 0 Å². The van der Waals surface area contributed by atoms with E-state index in [0.29, 0.717) is 0 Å². The summed E-state index contributed by atoms with van der Waals surface area (Å²) >= 11 is 0. The highest BCUT2D eigenvalue weighted by Gasteiger charge is 2.35. The zero-order chi connectivity index (χ0) is 21.5. The highest BCUT2D eigenvalue weighted by Crippen LogP contribution is 2.30. The van der Waals surface area contributed by atoms with E-state index < -0.39 is 6.04 Å². The number of carbonyl (C=O) groups is 2. The molecule has 1 radical (unpaired) electrons. The van der Waals surface area contributed by atoms with Crippen LogP contribution in [0.3, 0.4) is 0 Å². The molecule has 0 aromatic heterocycles. The molecule has 2 amide bonds. The van der Waals surface area contributed by atoms with E-state index in [9.17, 15) is 9.59 Å². The number of hydrogen-bond acceptors (Lipinski definition) is 3. The van der Waals surface area contributed by atoms with Crippen LogP contribution < -0.4 is 10.1 Å². The zero-order valence-electron chi connectivity index (χ0n) is 18.7. The van der Waals surface area contributed by atoms with Gasteiger partial charge < -0.3 is 15.0 Å². The van der Waals surface area contributed by atoms with Gasteiger partial charge in [0, 0.05) is 18.0 Å². The van der Waals surface area contributed by atoms with Crippen molar-refractivity contribution in [3.8, 4) is 5.75 Å².